The van der Waals surface area contributed by atoms with Crippen LogP contribution in [-0.4, -0.2) is 289 Å². The molecule has 2 aromatic carbocycles. The largest absolute Gasteiger partial charge is 0.481 e. The maximum atomic E-state index is 15.3. The average molecular weight is 1900 g/mol. The summed E-state index contributed by atoms with van der Waals surface area (Å²) in [6, 6.07) is -1.49. The van der Waals surface area contributed by atoms with E-state index < -0.39 is 238 Å². The molecule has 0 saturated carbocycles. The van der Waals surface area contributed by atoms with E-state index in [-0.39, 0.29) is 135 Å². The van der Waals surface area contributed by atoms with Gasteiger partial charge in [0.15, 0.2) is 11.9 Å². The zero-order valence-electron chi connectivity index (χ0n) is 77.0. The molecule has 31 N–H and O–H groups in total. The van der Waals surface area contributed by atoms with Gasteiger partial charge in [-0.1, -0.05) is 133 Å². The molecule has 135 heavy (non-hydrogen) atoms. The first-order chi connectivity index (χ1) is 64.7. The molecule has 16 amide bonds. The minimum atomic E-state index is -1.76. The number of hydrogen-bond acceptors (Lipinski definition) is 24. The number of rotatable bonds is 57. The van der Waals surface area contributed by atoms with Crippen molar-refractivity contribution in [2.75, 3.05) is 78.8 Å². The number of aliphatic carboxylic acids is 1. The molecule has 2 aliphatic rings. The topological polar surface area (TPSA) is 747 Å². The maximum Gasteiger partial charge on any atom is 0.303 e. The Morgan fingerprint density at radius 2 is 1.13 bits per heavy atom. The van der Waals surface area contributed by atoms with Crippen molar-refractivity contribution < 1.29 is 106 Å². The minimum Gasteiger partial charge on any atom is -0.481 e. The molecule has 46 heteroatoms. The third-order valence-electron chi connectivity index (χ3n) is 22.5. The lowest BCUT2D eigenvalue weighted by atomic mass is 10.0. The number of carboxylic acids is 1. The molecule has 2 fully saturated rings. The van der Waals surface area contributed by atoms with Gasteiger partial charge in [-0.05, 0) is 94.2 Å². The summed E-state index contributed by atoms with van der Waals surface area (Å²) in [5.74, 6) is -15.6. The number of nitrogens with two attached hydrogens (primary N) is 5. The molecule has 0 spiro atoms. The Kier molecular flexibility index (Phi) is 53.1. The second kappa shape index (κ2) is 63.5. The van der Waals surface area contributed by atoms with Gasteiger partial charge < -0.3 is 143 Å². The number of benzene rings is 2. The number of para-hydroxylation sites is 1. The Morgan fingerprint density at radius 1 is 0.548 bits per heavy atom. The number of nitrogens with zero attached hydrogens (tertiary/aromatic N) is 1. The molecule has 5 rings (SSSR count). The van der Waals surface area contributed by atoms with Crippen LogP contribution in [0.25, 0.3) is 10.9 Å². The summed E-state index contributed by atoms with van der Waals surface area (Å²) in [5.41, 5.74) is 30.6. The number of carbonyl (C=O) groups is 17. The number of aliphatic hydroxyl groups excluding tert-OH is 2. The lowest BCUT2D eigenvalue weighted by molar-refractivity contribution is -0.143. The number of aromatic nitrogens is 1. The fourth-order valence-corrected chi connectivity index (χ4v) is 15.1. The molecule has 2 aliphatic heterocycles. The molecule has 0 radical (unpaired) electrons. The molecule has 2 saturated heterocycles. The van der Waals surface area contributed by atoms with E-state index in [9.17, 15) is 86.9 Å². The van der Waals surface area contributed by atoms with Crippen molar-refractivity contribution >= 4 is 123 Å². The molecule has 750 valence electrons. The van der Waals surface area contributed by atoms with E-state index in [1.807, 2.05) is 6.07 Å². The number of nitrogens with one attached hydrogen (secondary N) is 18. The zero-order chi connectivity index (χ0) is 99.0. The number of aromatic amines is 1. The van der Waals surface area contributed by atoms with Crippen molar-refractivity contribution in [3.8, 4) is 0 Å². The van der Waals surface area contributed by atoms with E-state index in [1.54, 1.807) is 61.7 Å². The zero-order valence-corrected chi connectivity index (χ0v) is 77.0. The molecule has 3 heterocycles. The Balaban J connectivity index is 1.23. The van der Waals surface area contributed by atoms with Crippen LogP contribution >= 0.6 is 0 Å². The molecule has 46 nitrogen and oxygen atoms in total. The number of fused-ring (bicyclic) bond motifs is 2. The normalized spacial score (nSPS) is 18.7. The van der Waals surface area contributed by atoms with Crippen LogP contribution in [0.3, 0.4) is 0 Å². The van der Waals surface area contributed by atoms with Crippen LogP contribution in [0.5, 0.6) is 0 Å². The summed E-state index contributed by atoms with van der Waals surface area (Å²) in [5, 5.41) is 85.0. The third kappa shape index (κ3) is 45.3. The van der Waals surface area contributed by atoms with E-state index in [4.69, 9.17) is 54.1 Å². The minimum absolute atomic E-state index is 0.0120. The number of aliphatic hydroxyl groups is 2. The van der Waals surface area contributed by atoms with Crippen LogP contribution in [0.1, 0.15) is 204 Å². The van der Waals surface area contributed by atoms with Crippen LogP contribution in [-0.2, 0) is 104 Å². The van der Waals surface area contributed by atoms with Crippen molar-refractivity contribution in [2.24, 2.45) is 28.7 Å². The highest BCUT2D eigenvalue weighted by molar-refractivity contribution is 6.00. The van der Waals surface area contributed by atoms with Gasteiger partial charge in [-0.25, -0.2) is 0 Å². The van der Waals surface area contributed by atoms with Crippen molar-refractivity contribution in [2.45, 2.75) is 279 Å². The monoisotopic (exact) mass is 1900 g/mol. The third-order valence-corrected chi connectivity index (χ3v) is 22.5. The van der Waals surface area contributed by atoms with Gasteiger partial charge in [0.25, 0.3) is 0 Å². The Bertz CT molecular complexity index is 4350. The number of guanidine groups is 2. The van der Waals surface area contributed by atoms with E-state index in [0.717, 1.165) is 86.4 Å². The SMILES string of the molecule is CCCC[C@H](NC(=O)[C@@H](N)CNC(=O)[C@H](CCCNC(=N)N)NC(=O)[C@H](CCC(N)=O)NC(=O)[C@H](CO)NC(=O)CNC(=O)COCCOCCNC(=O)CCCCCCCCCCCCCCC(=O)O)C(=O)N[C@H]1CCC(=O)NCCCC[C@@H](C(N)=O)NC(=O)[C@H](Cc2c[nH]c3ccccc23)NC(=O)[C@H](CCCNC(=N)N)NC(=O)[C@@H](Cc2ccccc2)NC(=O)[C@@H]2C[C@@H](O)CN2C1=O. The Morgan fingerprint density at radius 3 is 1.78 bits per heavy atom. The lowest BCUT2D eigenvalue weighted by Gasteiger charge is -2.31. The number of hydrogen-bond donors (Lipinski definition) is 26. The first-order valence-corrected chi connectivity index (χ1v) is 46.5. The molecule has 0 bridgehead atoms. The van der Waals surface area contributed by atoms with Crippen LogP contribution in [0.4, 0.5) is 0 Å². The van der Waals surface area contributed by atoms with E-state index in [0.29, 0.717) is 24.0 Å². The fourth-order valence-electron chi connectivity index (χ4n) is 15.1. The summed E-state index contributed by atoms with van der Waals surface area (Å²) in [6.45, 7) is -1.12. The van der Waals surface area contributed by atoms with Gasteiger partial charge in [-0.2, -0.15) is 0 Å². The van der Waals surface area contributed by atoms with E-state index in [2.05, 4.69) is 84.7 Å². The van der Waals surface area contributed by atoms with Crippen molar-refractivity contribution in [1.82, 2.24) is 89.6 Å². The summed E-state index contributed by atoms with van der Waals surface area (Å²) in [4.78, 5) is 237. The quantitative estimate of drug-likeness (QED) is 0.0146. The highest BCUT2D eigenvalue weighted by atomic mass is 16.5. The highest BCUT2D eigenvalue weighted by Gasteiger charge is 2.44. The summed E-state index contributed by atoms with van der Waals surface area (Å²) in [7, 11) is 0. The van der Waals surface area contributed by atoms with E-state index >= 15 is 4.79 Å². The first kappa shape index (κ1) is 113. The van der Waals surface area contributed by atoms with Gasteiger partial charge in [-0.15, -0.1) is 0 Å². The van der Waals surface area contributed by atoms with Gasteiger partial charge in [-0.3, -0.25) is 92.3 Å². The first-order valence-electron chi connectivity index (χ1n) is 46.5. The number of unbranched alkanes of at least 4 members (excludes halogenated alkanes) is 12. The molecular weight excluding hydrogens is 1760 g/mol. The molecule has 12 atom stereocenters. The number of carbonyl (C=O) groups excluding carboxylic acids is 16. The Labute approximate surface area is 784 Å². The van der Waals surface area contributed by atoms with Crippen LogP contribution < -0.4 is 108 Å². The fraction of sp³-hybridized carbons (Fsp3) is 0.629. The number of H-pyrrole nitrogens is 1. The second-order valence-corrected chi connectivity index (χ2v) is 33.6. The number of carboxylic acid groups (broad SMARTS) is 1. The van der Waals surface area contributed by atoms with Gasteiger partial charge >= 0.3 is 5.97 Å². The van der Waals surface area contributed by atoms with Gasteiger partial charge in [0, 0.05) is 101 Å². The number of amides is 16. The highest BCUT2D eigenvalue weighted by Crippen LogP contribution is 2.24. The predicted molar refractivity (Wildman–Crippen MR) is 495 cm³/mol. The summed E-state index contributed by atoms with van der Waals surface area (Å²) in [6.07, 6.45) is 11.4. The van der Waals surface area contributed by atoms with Crippen molar-refractivity contribution in [3.63, 3.8) is 0 Å². The number of ether oxygens (including phenoxy) is 2. The maximum absolute atomic E-state index is 15.3. The van der Waals surface area contributed by atoms with Crippen LogP contribution in [0.2, 0.25) is 0 Å². The number of primary amides is 2. The lowest BCUT2D eigenvalue weighted by Crippen LogP contribution is -2.60. The molecule has 0 aliphatic carbocycles. The molecule has 3 aromatic rings. The molecule has 1 aromatic heterocycles. The summed E-state index contributed by atoms with van der Waals surface area (Å²) >= 11 is 0. The van der Waals surface area contributed by atoms with Crippen LogP contribution in [0.15, 0.2) is 60.8 Å². The van der Waals surface area contributed by atoms with E-state index in [1.165, 1.54) is 6.42 Å². The Hall–Kier alpha value is -12.7. The predicted octanol–water partition coefficient (Wildman–Crippen LogP) is -3.93. The summed E-state index contributed by atoms with van der Waals surface area (Å²) < 4.78 is 10.8. The van der Waals surface area contributed by atoms with Gasteiger partial charge in [0.05, 0.1) is 39.1 Å². The van der Waals surface area contributed by atoms with Crippen molar-refractivity contribution in [1.29, 1.82) is 10.8 Å². The van der Waals surface area contributed by atoms with Crippen molar-refractivity contribution in [3.05, 3.63) is 71.9 Å². The van der Waals surface area contributed by atoms with Gasteiger partial charge in [0.1, 0.15) is 73.1 Å². The smallest absolute Gasteiger partial charge is 0.303 e. The molecule has 0 unspecified atom stereocenters. The second-order valence-electron chi connectivity index (χ2n) is 33.6. The average Bonchev–Trinajstić information content (AvgIpc) is 1.68. The molecular formula is C89H142N24O22. The standard InChI is InChI=1S/C89H142N24O22/c1-2-3-28-63(106-78(124)59(90)50-103-79(125)62(31-23-40-99-88(93)94)107-82(128)65(35-37-71(91)116)109-85(131)69(53-114)104-74(119)51-102-75(120)54-135-45-44-134-43-42-98-72(117)33-17-12-10-8-6-4-5-7-9-11-13-18-34-76(121)122)80(126)110-66-36-38-73(118)97-39-22-21-30-61(77(92)123)105-84(130)68(47-56-49-101-60-29-20-19-27-58(56)60)111-81(127)64(32-24-41-100-89(95)96)108-83(129)67(46-55-25-15-14-16-26-55)112-86(132)70-48-57(115)52-113(70)87(66)133/h14-16,19-20,25-27,29,49,57,59,61-70,101,114-115H,2-13,17-18,21-24,28,30-48,50-54,90H2,1H3,(H2,91,116)(H2,92,123)(H,97,118)(H,98,117)(H,102,120)(H,103,125)(H,104,119)(H,105,130)(H,106,124)(H,107,128)(H,108,129)(H,109,131)(H,110,126)(H,111,127)(H,112,132)(H,121,122)(H4,93,94,99)(H4,95,96,100)/t57-,59+,61+,62+,63+,64+,65+,66+,67-,68+,69+,70+/m1/s1. The van der Waals surface area contributed by atoms with Gasteiger partial charge in [0.2, 0.25) is 94.5 Å². The van der Waals surface area contributed by atoms with Crippen LogP contribution in [0, 0.1) is 10.8 Å².